The molecule has 0 N–H and O–H groups in total. The topological polar surface area (TPSA) is 34.9 Å². The minimum atomic E-state index is -0.377. The summed E-state index contributed by atoms with van der Waals surface area (Å²) >= 11 is 6.13. The Hall–Kier alpha value is -1.68. The van der Waals surface area contributed by atoms with Gasteiger partial charge in [0.1, 0.15) is 5.82 Å². The molecule has 5 heteroatoms. The lowest BCUT2D eigenvalue weighted by Crippen LogP contribution is -2.10. The molecular weight excluding hydrogens is 267 g/mol. The first-order valence-corrected chi connectivity index (χ1v) is 6.50. The summed E-state index contributed by atoms with van der Waals surface area (Å²) in [5.41, 5.74) is 2.52. The van der Waals surface area contributed by atoms with Gasteiger partial charge in [0.15, 0.2) is 5.78 Å². The predicted octanol–water partition coefficient (Wildman–Crippen LogP) is 3.40. The molecule has 0 bridgehead atoms. The number of aryl methyl sites for hydroxylation is 2. The van der Waals surface area contributed by atoms with Crippen molar-refractivity contribution >= 4 is 17.4 Å². The van der Waals surface area contributed by atoms with Crippen LogP contribution in [0.3, 0.4) is 0 Å². The fourth-order valence-corrected chi connectivity index (χ4v) is 2.78. The van der Waals surface area contributed by atoms with E-state index in [2.05, 4.69) is 5.10 Å². The second-order valence-electron chi connectivity index (χ2n) is 4.69. The van der Waals surface area contributed by atoms with Gasteiger partial charge in [-0.25, -0.2) is 4.39 Å². The lowest BCUT2D eigenvalue weighted by Gasteiger charge is -2.11. The zero-order chi connectivity index (χ0) is 13.6. The molecule has 0 saturated heterocycles. The Labute approximate surface area is 115 Å². The van der Waals surface area contributed by atoms with Crippen molar-refractivity contribution in [2.75, 3.05) is 0 Å². The third kappa shape index (κ3) is 1.96. The normalized spacial score (nSPS) is 14.6. The van der Waals surface area contributed by atoms with E-state index in [-0.39, 0.29) is 11.6 Å². The Balaban J connectivity index is 2.28. The highest BCUT2D eigenvalue weighted by Crippen LogP contribution is 2.35. The molecular formula is C14H12ClFN2O. The minimum absolute atomic E-state index is 0.0599. The van der Waals surface area contributed by atoms with Crippen LogP contribution >= 0.6 is 11.6 Å². The zero-order valence-corrected chi connectivity index (χ0v) is 11.2. The number of aromatic nitrogens is 2. The standard InChI is InChI=1S/C14H12ClFN2O/c1-18-14(9-7-8(16)5-6-10(9)15)13-11(17-18)3-2-4-12(13)19/h5-7H,2-4H2,1H3. The maximum absolute atomic E-state index is 13.4. The van der Waals surface area contributed by atoms with Crippen molar-refractivity contribution in [2.24, 2.45) is 7.05 Å². The number of rotatable bonds is 1. The molecule has 0 unspecified atom stereocenters. The van der Waals surface area contributed by atoms with Crippen LogP contribution < -0.4 is 0 Å². The van der Waals surface area contributed by atoms with E-state index in [4.69, 9.17) is 11.6 Å². The number of carbonyl (C=O) groups is 1. The Morgan fingerprint density at radius 1 is 1.37 bits per heavy atom. The van der Waals surface area contributed by atoms with Crippen LogP contribution in [0.1, 0.15) is 28.9 Å². The maximum Gasteiger partial charge on any atom is 0.166 e. The smallest absolute Gasteiger partial charge is 0.166 e. The van der Waals surface area contributed by atoms with Gasteiger partial charge in [0.05, 0.1) is 22.0 Å². The molecule has 0 radical (unpaired) electrons. The SMILES string of the molecule is Cn1nc2c(c1-c1cc(F)ccc1Cl)C(=O)CCC2. The molecule has 0 spiro atoms. The summed E-state index contributed by atoms with van der Waals surface area (Å²) in [6, 6.07) is 4.15. The van der Waals surface area contributed by atoms with E-state index >= 15 is 0 Å². The lowest BCUT2D eigenvalue weighted by molar-refractivity contribution is 0.0973. The number of fused-ring (bicyclic) bond motifs is 1. The number of carbonyl (C=O) groups excluding carboxylic acids is 1. The third-order valence-corrected chi connectivity index (χ3v) is 3.73. The molecule has 1 aromatic carbocycles. The highest BCUT2D eigenvalue weighted by atomic mass is 35.5. The van der Waals surface area contributed by atoms with Gasteiger partial charge in [-0.3, -0.25) is 9.48 Å². The van der Waals surface area contributed by atoms with Crippen LogP contribution in [0.4, 0.5) is 4.39 Å². The molecule has 3 rings (SSSR count). The second kappa shape index (κ2) is 4.46. The van der Waals surface area contributed by atoms with Crippen molar-refractivity contribution in [1.82, 2.24) is 9.78 Å². The summed E-state index contributed by atoms with van der Waals surface area (Å²) in [4.78, 5) is 12.1. The number of hydrogen-bond donors (Lipinski definition) is 0. The van der Waals surface area contributed by atoms with Gasteiger partial charge in [-0.2, -0.15) is 5.10 Å². The van der Waals surface area contributed by atoms with Crippen LogP contribution in [0, 0.1) is 5.82 Å². The monoisotopic (exact) mass is 278 g/mol. The molecule has 1 aromatic heterocycles. The summed E-state index contributed by atoms with van der Waals surface area (Å²) in [5, 5.41) is 4.79. The van der Waals surface area contributed by atoms with E-state index in [9.17, 15) is 9.18 Å². The number of Topliss-reactive ketones (excluding diaryl/α,β-unsaturated/α-hetero) is 1. The van der Waals surface area contributed by atoms with Crippen molar-refractivity contribution in [3.05, 3.63) is 40.3 Å². The molecule has 0 atom stereocenters. The quantitative estimate of drug-likeness (QED) is 0.801. The van der Waals surface area contributed by atoms with E-state index in [0.29, 0.717) is 28.3 Å². The molecule has 0 fully saturated rings. The molecule has 1 aliphatic carbocycles. The van der Waals surface area contributed by atoms with Crippen molar-refractivity contribution < 1.29 is 9.18 Å². The van der Waals surface area contributed by atoms with Crippen molar-refractivity contribution in [3.63, 3.8) is 0 Å². The van der Waals surface area contributed by atoms with Gasteiger partial charge >= 0.3 is 0 Å². The molecule has 3 nitrogen and oxygen atoms in total. The van der Waals surface area contributed by atoms with Crippen LogP contribution in [0.2, 0.25) is 5.02 Å². The number of halogens is 2. The van der Waals surface area contributed by atoms with Gasteiger partial charge in [0, 0.05) is 19.0 Å². The van der Waals surface area contributed by atoms with E-state index in [1.54, 1.807) is 11.7 Å². The molecule has 98 valence electrons. The Morgan fingerprint density at radius 3 is 2.95 bits per heavy atom. The fourth-order valence-electron chi connectivity index (χ4n) is 2.58. The Kier molecular flexibility index (Phi) is 2.90. The van der Waals surface area contributed by atoms with Gasteiger partial charge < -0.3 is 0 Å². The van der Waals surface area contributed by atoms with Gasteiger partial charge in [0.25, 0.3) is 0 Å². The molecule has 19 heavy (non-hydrogen) atoms. The fraction of sp³-hybridized carbons (Fsp3) is 0.286. The maximum atomic E-state index is 13.4. The Bertz CT molecular complexity index is 678. The van der Waals surface area contributed by atoms with E-state index in [1.807, 2.05) is 0 Å². The minimum Gasteiger partial charge on any atom is -0.294 e. The van der Waals surface area contributed by atoms with Crippen LogP contribution in [0.25, 0.3) is 11.3 Å². The molecule has 0 amide bonds. The first kappa shape index (κ1) is 12.4. The Morgan fingerprint density at radius 2 is 2.16 bits per heavy atom. The summed E-state index contributed by atoms with van der Waals surface area (Å²) in [6.45, 7) is 0. The first-order valence-electron chi connectivity index (χ1n) is 6.12. The molecule has 0 saturated carbocycles. The number of hydrogen-bond acceptors (Lipinski definition) is 2. The predicted molar refractivity (Wildman–Crippen MR) is 70.9 cm³/mol. The van der Waals surface area contributed by atoms with E-state index in [1.165, 1.54) is 18.2 Å². The number of ketones is 1. The average molecular weight is 279 g/mol. The summed E-state index contributed by atoms with van der Waals surface area (Å²) < 4.78 is 15.0. The molecule has 0 aliphatic heterocycles. The second-order valence-corrected chi connectivity index (χ2v) is 5.10. The van der Waals surface area contributed by atoms with Crippen molar-refractivity contribution in [2.45, 2.75) is 19.3 Å². The molecule has 2 aromatic rings. The van der Waals surface area contributed by atoms with Crippen LogP contribution in [-0.2, 0) is 13.5 Å². The summed E-state index contributed by atoms with van der Waals surface area (Å²) in [6.07, 6.45) is 2.11. The largest absolute Gasteiger partial charge is 0.294 e. The van der Waals surface area contributed by atoms with E-state index < -0.39 is 0 Å². The summed E-state index contributed by atoms with van der Waals surface area (Å²) in [7, 11) is 1.75. The number of benzene rings is 1. The van der Waals surface area contributed by atoms with Gasteiger partial charge in [-0.05, 0) is 31.0 Å². The van der Waals surface area contributed by atoms with Gasteiger partial charge in [0.2, 0.25) is 0 Å². The van der Waals surface area contributed by atoms with Crippen LogP contribution in [-0.4, -0.2) is 15.6 Å². The summed E-state index contributed by atoms with van der Waals surface area (Å²) in [5.74, 6) is -0.317. The van der Waals surface area contributed by atoms with Crippen molar-refractivity contribution in [3.8, 4) is 11.3 Å². The van der Waals surface area contributed by atoms with Gasteiger partial charge in [-0.1, -0.05) is 11.6 Å². The lowest BCUT2D eigenvalue weighted by atomic mass is 9.92. The first-order chi connectivity index (χ1) is 9.08. The average Bonchev–Trinajstić information content (AvgIpc) is 2.70. The van der Waals surface area contributed by atoms with E-state index in [0.717, 1.165) is 18.5 Å². The van der Waals surface area contributed by atoms with Gasteiger partial charge in [-0.15, -0.1) is 0 Å². The molecule has 1 aliphatic rings. The zero-order valence-electron chi connectivity index (χ0n) is 10.4. The van der Waals surface area contributed by atoms with Crippen LogP contribution in [0.5, 0.6) is 0 Å². The van der Waals surface area contributed by atoms with Crippen LogP contribution in [0.15, 0.2) is 18.2 Å². The van der Waals surface area contributed by atoms with Crippen molar-refractivity contribution in [1.29, 1.82) is 0 Å². The molecule has 1 heterocycles. The third-order valence-electron chi connectivity index (χ3n) is 3.40. The number of nitrogens with zero attached hydrogens (tertiary/aromatic N) is 2. The highest BCUT2D eigenvalue weighted by molar-refractivity contribution is 6.33. The highest BCUT2D eigenvalue weighted by Gasteiger charge is 2.27.